The van der Waals surface area contributed by atoms with E-state index in [-0.39, 0.29) is 50.4 Å². The highest BCUT2D eigenvalue weighted by molar-refractivity contribution is 5.71. The lowest BCUT2D eigenvalue weighted by molar-refractivity contribution is -0.166. The summed E-state index contributed by atoms with van der Waals surface area (Å²) in [5.74, 6) is -1.10. The van der Waals surface area contributed by atoms with E-state index in [1.807, 2.05) is 12.2 Å². The molecule has 0 N–H and O–H groups in total. The average Bonchev–Trinajstić information content (AvgIpc) is 3.21. The molecule has 0 aromatic rings. The number of carbonyl (C=O) groups is 3. The summed E-state index contributed by atoms with van der Waals surface area (Å²) in [6, 6.07) is 0. The minimum atomic E-state index is -0.836. The molecule has 0 heterocycles. The van der Waals surface area contributed by atoms with E-state index in [0.717, 1.165) is 109 Å². The zero-order valence-corrected chi connectivity index (χ0v) is 36.0. The fourth-order valence-corrected chi connectivity index (χ4v) is 5.26. The summed E-state index contributed by atoms with van der Waals surface area (Å²) in [7, 11) is 0. The van der Waals surface area contributed by atoms with E-state index >= 15 is 0 Å². The van der Waals surface area contributed by atoms with E-state index in [1.165, 1.54) is 0 Å². The van der Waals surface area contributed by atoms with E-state index in [2.05, 4.69) is 130 Å². The lowest BCUT2D eigenvalue weighted by Crippen LogP contribution is -2.30. The molecule has 1 atom stereocenters. The van der Waals surface area contributed by atoms with Gasteiger partial charge in [0.25, 0.3) is 0 Å². The van der Waals surface area contributed by atoms with E-state index in [0.29, 0.717) is 12.8 Å². The molecule has 0 saturated carbocycles. The smallest absolute Gasteiger partial charge is 0.306 e. The Morgan fingerprint density at radius 3 is 1.14 bits per heavy atom. The minimum Gasteiger partial charge on any atom is -0.462 e. The standard InChI is InChI=1S/C51H78O6/c1-4-7-10-13-16-19-22-24-25-26-27-30-32-35-38-41-44-50(53)56-47-48(46-55-49(52)43-40-37-34-31-28-21-18-15-12-9-6-3)57-51(54)45-42-39-36-33-29-23-20-17-14-11-8-5-2/h7-12,16-21,24-25,27,30-31,34-35,38,48H,4-6,13-15,22-23,26,28-29,32-33,36-37,39-47H2,1-3H3/b10-7-,11-8-,12-9-,19-16-,20-17-,21-18-,25-24-,30-27-,34-31-,38-35-. The zero-order chi connectivity index (χ0) is 41.5. The Morgan fingerprint density at radius 1 is 0.351 bits per heavy atom. The predicted molar refractivity (Wildman–Crippen MR) is 242 cm³/mol. The normalized spacial score (nSPS) is 13.2. The van der Waals surface area contributed by atoms with Crippen LogP contribution in [0.3, 0.4) is 0 Å². The number of allylic oxidation sites excluding steroid dienone is 20. The molecule has 0 aliphatic rings. The summed E-state index contributed by atoms with van der Waals surface area (Å²) in [5, 5.41) is 0. The third-order valence-electron chi connectivity index (χ3n) is 8.46. The SMILES string of the molecule is CC/C=C\C/C=C\C/C=C\C/C=C\C/C=C\CCC(=O)OCC(COC(=O)CCC/C=C\C/C=C\C/C=C\CC)OC(=O)CCCCCCC/C=C\C/C=C\CC. The molecule has 0 spiro atoms. The third kappa shape index (κ3) is 42.8. The Kier molecular flexibility index (Phi) is 41.3. The van der Waals surface area contributed by atoms with Gasteiger partial charge in [0, 0.05) is 19.3 Å². The number of hydrogen-bond donors (Lipinski definition) is 0. The highest BCUT2D eigenvalue weighted by atomic mass is 16.6. The molecule has 318 valence electrons. The summed E-state index contributed by atoms with van der Waals surface area (Å²) < 4.78 is 16.5. The van der Waals surface area contributed by atoms with E-state index < -0.39 is 6.10 Å². The fraction of sp³-hybridized carbons (Fsp3) is 0.549. The van der Waals surface area contributed by atoms with Gasteiger partial charge >= 0.3 is 17.9 Å². The number of rotatable bonds is 37. The number of ether oxygens (including phenoxy) is 3. The molecule has 0 aromatic carbocycles. The quantitative estimate of drug-likeness (QED) is 0.0270. The molecule has 0 radical (unpaired) electrons. The van der Waals surface area contributed by atoms with Crippen molar-refractivity contribution in [2.45, 2.75) is 168 Å². The number of unbranched alkanes of at least 4 members (excludes halogenated alkanes) is 6. The maximum Gasteiger partial charge on any atom is 0.306 e. The third-order valence-corrected chi connectivity index (χ3v) is 8.46. The topological polar surface area (TPSA) is 78.9 Å². The summed E-state index contributed by atoms with van der Waals surface area (Å²) in [6.45, 7) is 6.12. The molecule has 6 nitrogen and oxygen atoms in total. The van der Waals surface area contributed by atoms with Gasteiger partial charge in [-0.1, -0.05) is 162 Å². The molecule has 0 fully saturated rings. The van der Waals surface area contributed by atoms with Gasteiger partial charge in [0.15, 0.2) is 6.10 Å². The van der Waals surface area contributed by atoms with E-state index in [4.69, 9.17) is 14.2 Å². The molecule has 57 heavy (non-hydrogen) atoms. The van der Waals surface area contributed by atoms with Gasteiger partial charge in [-0.15, -0.1) is 0 Å². The Morgan fingerprint density at radius 2 is 0.684 bits per heavy atom. The summed E-state index contributed by atoms with van der Waals surface area (Å²) in [6.07, 6.45) is 60.6. The second-order valence-electron chi connectivity index (χ2n) is 13.8. The molecular formula is C51H78O6. The van der Waals surface area contributed by atoms with Gasteiger partial charge in [0.2, 0.25) is 0 Å². The number of hydrogen-bond acceptors (Lipinski definition) is 6. The average molecular weight is 787 g/mol. The molecule has 0 rings (SSSR count). The van der Waals surface area contributed by atoms with Crippen LogP contribution in [0, 0.1) is 0 Å². The van der Waals surface area contributed by atoms with Gasteiger partial charge in [0.1, 0.15) is 13.2 Å². The molecule has 0 saturated heterocycles. The highest BCUT2D eigenvalue weighted by Gasteiger charge is 2.19. The summed E-state index contributed by atoms with van der Waals surface area (Å²) in [4.78, 5) is 37.6. The molecule has 0 aliphatic carbocycles. The van der Waals surface area contributed by atoms with Crippen molar-refractivity contribution in [3.63, 3.8) is 0 Å². The van der Waals surface area contributed by atoms with Crippen molar-refractivity contribution in [2.75, 3.05) is 13.2 Å². The van der Waals surface area contributed by atoms with Crippen LogP contribution in [0.2, 0.25) is 0 Å². The summed E-state index contributed by atoms with van der Waals surface area (Å²) >= 11 is 0. The van der Waals surface area contributed by atoms with Gasteiger partial charge in [-0.2, -0.15) is 0 Å². The second kappa shape index (κ2) is 44.5. The Bertz CT molecular complexity index is 1270. The second-order valence-corrected chi connectivity index (χ2v) is 13.8. The van der Waals surface area contributed by atoms with Crippen molar-refractivity contribution in [3.8, 4) is 0 Å². The first kappa shape index (κ1) is 52.8. The number of carbonyl (C=O) groups excluding carboxylic acids is 3. The Labute approximate surface area is 348 Å². The van der Waals surface area contributed by atoms with Gasteiger partial charge in [-0.3, -0.25) is 14.4 Å². The Hall–Kier alpha value is -4.19. The zero-order valence-electron chi connectivity index (χ0n) is 36.0. The van der Waals surface area contributed by atoms with Crippen LogP contribution in [0.5, 0.6) is 0 Å². The fourth-order valence-electron chi connectivity index (χ4n) is 5.26. The molecule has 1 unspecified atom stereocenters. The molecule has 6 heteroatoms. The Balaban J connectivity index is 4.60. The van der Waals surface area contributed by atoms with E-state index in [1.54, 1.807) is 0 Å². The molecule has 0 aliphatic heterocycles. The van der Waals surface area contributed by atoms with Gasteiger partial charge in [0.05, 0.1) is 0 Å². The van der Waals surface area contributed by atoms with Gasteiger partial charge in [-0.05, 0) is 103 Å². The minimum absolute atomic E-state index is 0.137. The van der Waals surface area contributed by atoms with Crippen LogP contribution in [0.25, 0.3) is 0 Å². The first-order valence-corrected chi connectivity index (χ1v) is 22.0. The van der Waals surface area contributed by atoms with Gasteiger partial charge < -0.3 is 14.2 Å². The van der Waals surface area contributed by atoms with Crippen LogP contribution in [0.4, 0.5) is 0 Å². The molecule has 0 amide bonds. The van der Waals surface area contributed by atoms with Crippen molar-refractivity contribution >= 4 is 17.9 Å². The first-order chi connectivity index (χ1) is 28.0. The van der Waals surface area contributed by atoms with Crippen molar-refractivity contribution in [2.24, 2.45) is 0 Å². The highest BCUT2D eigenvalue weighted by Crippen LogP contribution is 2.11. The maximum absolute atomic E-state index is 12.7. The lowest BCUT2D eigenvalue weighted by atomic mass is 10.1. The summed E-state index contributed by atoms with van der Waals surface area (Å²) in [5.41, 5.74) is 0. The van der Waals surface area contributed by atoms with Crippen molar-refractivity contribution < 1.29 is 28.6 Å². The largest absolute Gasteiger partial charge is 0.462 e. The van der Waals surface area contributed by atoms with Crippen LogP contribution in [-0.4, -0.2) is 37.2 Å². The van der Waals surface area contributed by atoms with Crippen molar-refractivity contribution in [1.82, 2.24) is 0 Å². The van der Waals surface area contributed by atoms with Gasteiger partial charge in [-0.25, -0.2) is 0 Å². The molecule has 0 aromatic heterocycles. The monoisotopic (exact) mass is 787 g/mol. The molecular weight excluding hydrogens is 709 g/mol. The maximum atomic E-state index is 12.7. The van der Waals surface area contributed by atoms with Crippen LogP contribution in [0.1, 0.15) is 162 Å². The van der Waals surface area contributed by atoms with E-state index in [9.17, 15) is 14.4 Å². The van der Waals surface area contributed by atoms with Crippen LogP contribution in [-0.2, 0) is 28.6 Å². The number of esters is 3. The van der Waals surface area contributed by atoms with Crippen molar-refractivity contribution in [1.29, 1.82) is 0 Å². The van der Waals surface area contributed by atoms with Crippen LogP contribution < -0.4 is 0 Å². The van der Waals surface area contributed by atoms with Crippen LogP contribution in [0.15, 0.2) is 122 Å². The van der Waals surface area contributed by atoms with Crippen molar-refractivity contribution in [3.05, 3.63) is 122 Å². The molecule has 0 bridgehead atoms. The lowest BCUT2D eigenvalue weighted by Gasteiger charge is -2.18. The predicted octanol–water partition coefficient (Wildman–Crippen LogP) is 14.2. The first-order valence-electron chi connectivity index (χ1n) is 22.0. The van der Waals surface area contributed by atoms with Crippen LogP contribution >= 0.6 is 0 Å².